The molecule has 1 aliphatic heterocycles. The van der Waals surface area contributed by atoms with Gasteiger partial charge in [-0.25, -0.2) is 4.79 Å². The number of aromatic nitrogens is 2. The Bertz CT molecular complexity index is 1230. The summed E-state index contributed by atoms with van der Waals surface area (Å²) in [5.74, 6) is 0.338. The number of rotatable bonds is 5. The number of anilines is 1. The molecule has 3 aromatic rings. The average Bonchev–Trinajstić information content (AvgIpc) is 3.60. The Labute approximate surface area is 185 Å². The van der Waals surface area contributed by atoms with Gasteiger partial charge in [0.05, 0.1) is 23.8 Å². The third-order valence-electron chi connectivity index (χ3n) is 6.39. The molecule has 0 spiro atoms. The number of piperidine rings is 1. The molecule has 0 bridgehead atoms. The van der Waals surface area contributed by atoms with Crippen LogP contribution in [0.1, 0.15) is 42.1 Å². The monoisotopic (exact) mass is 434 g/mol. The Morgan fingerprint density at radius 1 is 1.06 bits per heavy atom. The fourth-order valence-electron chi connectivity index (χ4n) is 4.47. The highest BCUT2D eigenvalue weighted by molar-refractivity contribution is 5.98. The Morgan fingerprint density at radius 2 is 1.81 bits per heavy atom. The van der Waals surface area contributed by atoms with Crippen molar-refractivity contribution in [2.24, 2.45) is 5.92 Å². The molecule has 166 valence electrons. The first-order valence-corrected chi connectivity index (χ1v) is 11.0. The van der Waals surface area contributed by atoms with Gasteiger partial charge in [-0.2, -0.15) is 0 Å². The molecule has 2 aliphatic rings. The van der Waals surface area contributed by atoms with Crippen molar-refractivity contribution in [2.75, 3.05) is 25.5 Å². The van der Waals surface area contributed by atoms with Gasteiger partial charge >= 0.3 is 5.69 Å². The zero-order chi connectivity index (χ0) is 22.2. The lowest BCUT2D eigenvalue weighted by Crippen LogP contribution is -2.41. The molecule has 1 aliphatic carbocycles. The number of hydrogen-bond acceptors (Lipinski definition) is 4. The minimum absolute atomic E-state index is 0.0537. The van der Waals surface area contributed by atoms with E-state index in [1.54, 1.807) is 34.8 Å². The maximum Gasteiger partial charge on any atom is 0.326 e. The van der Waals surface area contributed by atoms with Crippen LogP contribution in [-0.4, -0.2) is 46.5 Å². The normalized spacial score (nSPS) is 16.8. The summed E-state index contributed by atoms with van der Waals surface area (Å²) in [6, 6.07) is 13.0. The second kappa shape index (κ2) is 8.18. The van der Waals surface area contributed by atoms with Crippen LogP contribution in [0.4, 0.5) is 5.69 Å². The molecule has 0 radical (unpaired) electrons. The second-order valence-electron chi connectivity index (χ2n) is 8.52. The van der Waals surface area contributed by atoms with Crippen LogP contribution in [0.15, 0.2) is 47.3 Å². The van der Waals surface area contributed by atoms with Crippen LogP contribution in [0, 0.1) is 5.92 Å². The number of amides is 2. The van der Waals surface area contributed by atoms with Crippen LogP contribution in [0.25, 0.3) is 11.0 Å². The van der Waals surface area contributed by atoms with Crippen molar-refractivity contribution in [3.05, 3.63) is 58.5 Å². The summed E-state index contributed by atoms with van der Waals surface area (Å²) in [5, 5.41) is 2.95. The van der Waals surface area contributed by atoms with Gasteiger partial charge in [-0.05, 0) is 56.0 Å². The third kappa shape index (κ3) is 3.77. The predicted molar refractivity (Wildman–Crippen MR) is 121 cm³/mol. The number of ether oxygens (including phenoxy) is 1. The zero-order valence-corrected chi connectivity index (χ0v) is 18.0. The van der Waals surface area contributed by atoms with Gasteiger partial charge in [0.2, 0.25) is 5.91 Å². The first-order chi connectivity index (χ1) is 15.5. The molecular weight excluding hydrogens is 408 g/mol. The van der Waals surface area contributed by atoms with Crippen LogP contribution in [0.3, 0.4) is 0 Å². The van der Waals surface area contributed by atoms with Crippen LogP contribution in [-0.2, 0) is 4.79 Å². The Kier molecular flexibility index (Phi) is 5.20. The molecule has 8 heteroatoms. The number of H-pyrrole nitrogens is 1. The number of aromatic amines is 1. The fourth-order valence-corrected chi connectivity index (χ4v) is 4.47. The van der Waals surface area contributed by atoms with Crippen molar-refractivity contribution in [3.8, 4) is 5.75 Å². The minimum atomic E-state index is -0.157. The van der Waals surface area contributed by atoms with Crippen LogP contribution in [0.5, 0.6) is 5.75 Å². The Balaban J connectivity index is 1.23. The molecule has 2 heterocycles. The van der Waals surface area contributed by atoms with Crippen LogP contribution >= 0.6 is 0 Å². The van der Waals surface area contributed by atoms with Crippen molar-refractivity contribution in [1.29, 1.82) is 0 Å². The molecule has 1 aromatic heterocycles. The lowest BCUT2D eigenvalue weighted by atomic mass is 9.95. The van der Waals surface area contributed by atoms with Crippen LogP contribution in [0.2, 0.25) is 0 Å². The van der Waals surface area contributed by atoms with E-state index in [0.717, 1.165) is 18.4 Å². The number of benzene rings is 2. The van der Waals surface area contributed by atoms with E-state index < -0.39 is 0 Å². The predicted octanol–water partition coefficient (Wildman–Crippen LogP) is 3.16. The van der Waals surface area contributed by atoms with Crippen molar-refractivity contribution >= 4 is 28.5 Å². The lowest BCUT2D eigenvalue weighted by Gasteiger charge is -2.31. The van der Waals surface area contributed by atoms with E-state index in [9.17, 15) is 14.4 Å². The lowest BCUT2D eigenvalue weighted by molar-refractivity contribution is -0.121. The van der Waals surface area contributed by atoms with E-state index >= 15 is 0 Å². The van der Waals surface area contributed by atoms with E-state index in [1.807, 2.05) is 24.3 Å². The summed E-state index contributed by atoms with van der Waals surface area (Å²) in [6.45, 7) is 1.03. The van der Waals surface area contributed by atoms with Gasteiger partial charge in [0.1, 0.15) is 5.75 Å². The van der Waals surface area contributed by atoms with E-state index in [0.29, 0.717) is 48.4 Å². The summed E-state index contributed by atoms with van der Waals surface area (Å²) >= 11 is 0. The first kappa shape index (κ1) is 20.4. The molecule has 8 nitrogen and oxygen atoms in total. The molecule has 2 amide bonds. The molecule has 1 saturated carbocycles. The molecular formula is C24H26N4O4. The van der Waals surface area contributed by atoms with Crippen molar-refractivity contribution in [1.82, 2.24) is 14.5 Å². The number of hydrogen-bond donors (Lipinski definition) is 2. The van der Waals surface area contributed by atoms with E-state index in [4.69, 9.17) is 4.74 Å². The van der Waals surface area contributed by atoms with E-state index in [-0.39, 0.29) is 29.5 Å². The number of carbonyl (C=O) groups is 2. The summed E-state index contributed by atoms with van der Waals surface area (Å²) in [5.41, 5.74) is 2.63. The van der Waals surface area contributed by atoms with E-state index in [2.05, 4.69) is 10.3 Å². The Hall–Kier alpha value is -3.55. The number of likely N-dealkylation sites (tertiary alicyclic amines) is 1. The summed E-state index contributed by atoms with van der Waals surface area (Å²) in [6.07, 6.45) is 3.24. The summed E-state index contributed by atoms with van der Waals surface area (Å²) in [7, 11) is 1.57. The number of imidazole rings is 1. The number of fused-ring (bicyclic) bond motifs is 1. The van der Waals surface area contributed by atoms with Crippen LogP contribution < -0.4 is 15.7 Å². The topological polar surface area (TPSA) is 96.4 Å². The number of methoxy groups -OCH3 is 1. The highest BCUT2D eigenvalue weighted by Gasteiger charge is 2.30. The average molecular weight is 434 g/mol. The molecule has 2 fully saturated rings. The molecule has 5 rings (SSSR count). The molecule has 2 N–H and O–H groups in total. The quantitative estimate of drug-likeness (QED) is 0.645. The standard InChI is InChI=1S/C24H26N4O4/c1-32-21-5-3-2-4-18(21)25-22(29)15-10-12-27(13-11-15)23(30)16-6-9-20-19(14-16)26-24(31)28(20)17-7-8-17/h2-6,9,14-15,17H,7-8,10-13H2,1H3,(H,25,29)(H,26,31). The van der Waals surface area contributed by atoms with Crippen molar-refractivity contribution < 1.29 is 14.3 Å². The van der Waals surface area contributed by atoms with Gasteiger partial charge in [0.25, 0.3) is 5.91 Å². The number of nitrogens with one attached hydrogen (secondary N) is 2. The first-order valence-electron chi connectivity index (χ1n) is 11.0. The second-order valence-corrected chi connectivity index (χ2v) is 8.52. The maximum absolute atomic E-state index is 13.0. The van der Waals surface area contributed by atoms with Crippen molar-refractivity contribution in [3.63, 3.8) is 0 Å². The SMILES string of the molecule is COc1ccccc1NC(=O)C1CCN(C(=O)c2ccc3c(c2)[nH]c(=O)n3C2CC2)CC1. The highest BCUT2D eigenvalue weighted by Crippen LogP contribution is 2.36. The van der Waals surface area contributed by atoms with E-state index in [1.165, 1.54) is 0 Å². The van der Waals surface area contributed by atoms with Gasteiger partial charge in [0.15, 0.2) is 0 Å². The summed E-state index contributed by atoms with van der Waals surface area (Å²) in [4.78, 5) is 42.7. The van der Waals surface area contributed by atoms with Gasteiger partial charge in [-0.15, -0.1) is 0 Å². The number of nitrogens with zero attached hydrogens (tertiary/aromatic N) is 2. The van der Waals surface area contributed by atoms with Gasteiger partial charge in [-0.3, -0.25) is 14.2 Å². The highest BCUT2D eigenvalue weighted by atomic mass is 16.5. The number of para-hydroxylation sites is 2. The van der Waals surface area contributed by atoms with Gasteiger partial charge < -0.3 is 19.9 Å². The largest absolute Gasteiger partial charge is 0.495 e. The Morgan fingerprint density at radius 3 is 2.53 bits per heavy atom. The maximum atomic E-state index is 13.0. The van der Waals surface area contributed by atoms with Gasteiger partial charge in [0, 0.05) is 30.6 Å². The fraction of sp³-hybridized carbons (Fsp3) is 0.375. The smallest absolute Gasteiger partial charge is 0.326 e. The minimum Gasteiger partial charge on any atom is -0.495 e. The zero-order valence-electron chi connectivity index (χ0n) is 18.0. The third-order valence-corrected chi connectivity index (χ3v) is 6.39. The van der Waals surface area contributed by atoms with Gasteiger partial charge in [-0.1, -0.05) is 12.1 Å². The molecule has 0 unspecified atom stereocenters. The summed E-state index contributed by atoms with van der Waals surface area (Å²) < 4.78 is 7.08. The van der Waals surface area contributed by atoms with Crippen molar-refractivity contribution in [2.45, 2.75) is 31.7 Å². The molecule has 0 atom stereocenters. The molecule has 32 heavy (non-hydrogen) atoms. The molecule has 2 aromatic carbocycles. The number of carbonyl (C=O) groups excluding carboxylic acids is 2. The molecule has 1 saturated heterocycles.